The van der Waals surface area contributed by atoms with E-state index in [2.05, 4.69) is 10.6 Å². The Bertz CT molecular complexity index is 668. The van der Waals surface area contributed by atoms with Gasteiger partial charge in [0.2, 0.25) is 0 Å². The molecule has 0 spiro atoms. The predicted octanol–water partition coefficient (Wildman–Crippen LogP) is 3.39. The molecule has 0 unspecified atom stereocenters. The molecule has 4 bridgehead atoms. The Hall–Kier alpha value is -2.31. The molecule has 0 radical (unpaired) electrons. The second-order valence-corrected chi connectivity index (χ2v) is 7.74. The van der Waals surface area contributed by atoms with Gasteiger partial charge >= 0.3 is 11.7 Å². The molecule has 4 fully saturated rings. The average Bonchev–Trinajstić information content (AvgIpc) is 2.46. The van der Waals surface area contributed by atoms with E-state index in [1.807, 2.05) is 0 Å². The second-order valence-electron chi connectivity index (χ2n) is 7.74. The third-order valence-corrected chi connectivity index (χ3v) is 5.85. The molecule has 128 valence electrons. The number of phenols is 1. The van der Waals surface area contributed by atoms with Crippen molar-refractivity contribution in [3.63, 3.8) is 0 Å². The van der Waals surface area contributed by atoms with Crippen LogP contribution in [0.5, 0.6) is 5.75 Å². The van der Waals surface area contributed by atoms with Gasteiger partial charge < -0.3 is 15.7 Å². The van der Waals surface area contributed by atoms with Crippen molar-refractivity contribution in [3.05, 3.63) is 28.3 Å². The van der Waals surface area contributed by atoms with Crippen LogP contribution in [0.25, 0.3) is 0 Å². The molecule has 1 aromatic rings. The zero-order valence-electron chi connectivity index (χ0n) is 13.3. The van der Waals surface area contributed by atoms with Gasteiger partial charge in [-0.25, -0.2) is 4.79 Å². The van der Waals surface area contributed by atoms with Crippen molar-refractivity contribution in [2.45, 2.75) is 44.1 Å². The SMILES string of the molecule is O=C(Nc1ccc(O)c([N+](=O)[O-])c1)NC12CC3CC(CC(C3)C1)C2. The molecular weight excluding hydrogens is 310 g/mol. The van der Waals surface area contributed by atoms with E-state index >= 15 is 0 Å². The van der Waals surface area contributed by atoms with E-state index in [1.165, 1.54) is 37.5 Å². The van der Waals surface area contributed by atoms with Gasteiger partial charge in [-0.3, -0.25) is 10.1 Å². The summed E-state index contributed by atoms with van der Waals surface area (Å²) in [5, 5.41) is 26.2. The Kier molecular flexibility index (Phi) is 3.40. The molecule has 2 amide bonds. The van der Waals surface area contributed by atoms with E-state index in [4.69, 9.17) is 0 Å². The standard InChI is InChI=1S/C17H21N3O4/c21-15-2-1-13(6-14(15)20(23)24)18-16(22)19-17-7-10-3-11(8-17)5-12(4-10)9-17/h1-2,6,10-12,21H,3-5,7-9H2,(H2,18,19,22). The summed E-state index contributed by atoms with van der Waals surface area (Å²) in [5.74, 6) is 1.77. The van der Waals surface area contributed by atoms with Crippen molar-refractivity contribution in [2.75, 3.05) is 5.32 Å². The Balaban J connectivity index is 1.46. The number of urea groups is 1. The average molecular weight is 331 g/mol. The molecule has 7 heteroatoms. The number of nitro groups is 1. The third kappa shape index (κ3) is 2.68. The highest BCUT2D eigenvalue weighted by molar-refractivity contribution is 5.90. The van der Waals surface area contributed by atoms with Gasteiger partial charge in [-0.1, -0.05) is 0 Å². The van der Waals surface area contributed by atoms with E-state index in [0.717, 1.165) is 37.0 Å². The number of hydrogen-bond donors (Lipinski definition) is 3. The fourth-order valence-electron chi connectivity index (χ4n) is 5.41. The maximum atomic E-state index is 12.4. The third-order valence-electron chi connectivity index (χ3n) is 5.85. The molecule has 0 atom stereocenters. The molecule has 0 saturated heterocycles. The minimum absolute atomic E-state index is 0.109. The van der Waals surface area contributed by atoms with E-state index in [9.17, 15) is 20.0 Å². The van der Waals surface area contributed by atoms with Crippen molar-refractivity contribution >= 4 is 17.4 Å². The molecule has 4 saturated carbocycles. The Morgan fingerprint density at radius 1 is 1.17 bits per heavy atom. The van der Waals surface area contributed by atoms with E-state index in [1.54, 1.807) is 0 Å². The summed E-state index contributed by atoms with van der Waals surface area (Å²) in [6.45, 7) is 0. The van der Waals surface area contributed by atoms with Crippen LogP contribution in [0, 0.1) is 27.9 Å². The number of hydrogen-bond acceptors (Lipinski definition) is 4. The van der Waals surface area contributed by atoms with Gasteiger partial charge in [0, 0.05) is 17.3 Å². The quantitative estimate of drug-likeness (QED) is 0.448. The van der Waals surface area contributed by atoms with Gasteiger partial charge in [-0.05, 0) is 68.4 Å². The number of nitrogens with one attached hydrogen (secondary N) is 2. The molecular formula is C17H21N3O4. The summed E-state index contributed by atoms with van der Waals surface area (Å²) in [5.41, 5.74) is -0.217. The molecule has 3 N–H and O–H groups in total. The Labute approximate surface area is 139 Å². The van der Waals surface area contributed by atoms with Crippen LogP contribution in [0.4, 0.5) is 16.2 Å². The number of anilines is 1. The van der Waals surface area contributed by atoms with Crippen LogP contribution in [0.15, 0.2) is 18.2 Å². The number of nitrogens with zero attached hydrogens (tertiary/aromatic N) is 1. The lowest BCUT2D eigenvalue weighted by molar-refractivity contribution is -0.385. The van der Waals surface area contributed by atoms with Crippen molar-refractivity contribution in [1.82, 2.24) is 5.32 Å². The van der Waals surface area contributed by atoms with Gasteiger partial charge in [-0.2, -0.15) is 0 Å². The first-order valence-corrected chi connectivity index (χ1v) is 8.49. The number of rotatable bonds is 3. The molecule has 4 aliphatic rings. The zero-order chi connectivity index (χ0) is 16.9. The number of aromatic hydroxyl groups is 1. The second kappa shape index (κ2) is 5.36. The maximum Gasteiger partial charge on any atom is 0.319 e. The summed E-state index contributed by atoms with van der Waals surface area (Å²) < 4.78 is 0. The Morgan fingerprint density at radius 2 is 1.75 bits per heavy atom. The summed E-state index contributed by atoms with van der Waals surface area (Å²) >= 11 is 0. The summed E-state index contributed by atoms with van der Waals surface area (Å²) in [6, 6.07) is 3.53. The molecule has 24 heavy (non-hydrogen) atoms. The highest BCUT2D eigenvalue weighted by Crippen LogP contribution is 2.55. The van der Waals surface area contributed by atoms with Crippen LogP contribution in [0.1, 0.15) is 38.5 Å². The van der Waals surface area contributed by atoms with E-state index in [0.29, 0.717) is 5.69 Å². The summed E-state index contributed by atoms with van der Waals surface area (Å²) in [7, 11) is 0. The van der Waals surface area contributed by atoms with Crippen LogP contribution in [0.3, 0.4) is 0 Å². The first-order chi connectivity index (χ1) is 11.4. The molecule has 7 nitrogen and oxygen atoms in total. The molecule has 5 rings (SSSR count). The van der Waals surface area contributed by atoms with E-state index in [-0.39, 0.29) is 11.6 Å². The molecule has 0 aromatic heterocycles. The van der Waals surface area contributed by atoms with Gasteiger partial charge in [0.25, 0.3) is 0 Å². The number of carbonyl (C=O) groups excluding carboxylic acids is 1. The summed E-state index contributed by atoms with van der Waals surface area (Å²) in [6.07, 6.45) is 7.03. The van der Waals surface area contributed by atoms with Crippen molar-refractivity contribution in [2.24, 2.45) is 17.8 Å². The summed E-state index contributed by atoms with van der Waals surface area (Å²) in [4.78, 5) is 22.6. The van der Waals surface area contributed by atoms with Crippen molar-refractivity contribution in [1.29, 1.82) is 0 Å². The van der Waals surface area contributed by atoms with Gasteiger partial charge in [-0.15, -0.1) is 0 Å². The van der Waals surface area contributed by atoms with E-state index < -0.39 is 16.4 Å². The number of carbonyl (C=O) groups is 1. The largest absolute Gasteiger partial charge is 0.502 e. The van der Waals surface area contributed by atoms with Crippen LogP contribution < -0.4 is 10.6 Å². The minimum Gasteiger partial charge on any atom is -0.502 e. The van der Waals surface area contributed by atoms with Crippen LogP contribution in [-0.2, 0) is 0 Å². The van der Waals surface area contributed by atoms with Gasteiger partial charge in [0.15, 0.2) is 5.75 Å². The Morgan fingerprint density at radius 3 is 2.29 bits per heavy atom. The minimum atomic E-state index is -0.669. The van der Waals surface area contributed by atoms with Crippen molar-refractivity contribution in [3.8, 4) is 5.75 Å². The number of nitro benzene ring substituents is 1. The number of phenolic OH excluding ortho intramolecular Hbond substituents is 1. The highest BCUT2D eigenvalue weighted by Gasteiger charge is 2.51. The van der Waals surface area contributed by atoms with Crippen molar-refractivity contribution < 1.29 is 14.8 Å². The maximum absolute atomic E-state index is 12.4. The molecule has 0 aliphatic heterocycles. The fraction of sp³-hybridized carbons (Fsp3) is 0.588. The van der Waals surface area contributed by atoms with Crippen LogP contribution in [0.2, 0.25) is 0 Å². The van der Waals surface area contributed by atoms with Gasteiger partial charge in [0.1, 0.15) is 0 Å². The first-order valence-electron chi connectivity index (χ1n) is 8.49. The van der Waals surface area contributed by atoms with Crippen LogP contribution >= 0.6 is 0 Å². The topological polar surface area (TPSA) is 104 Å². The normalized spacial score (nSPS) is 33.2. The lowest BCUT2D eigenvalue weighted by atomic mass is 9.53. The number of amides is 2. The van der Waals surface area contributed by atoms with Gasteiger partial charge in [0.05, 0.1) is 4.92 Å². The number of benzene rings is 1. The van der Waals surface area contributed by atoms with Crippen LogP contribution in [-0.4, -0.2) is 21.6 Å². The molecule has 1 aromatic carbocycles. The zero-order valence-corrected chi connectivity index (χ0v) is 13.3. The predicted molar refractivity (Wildman–Crippen MR) is 87.8 cm³/mol. The smallest absolute Gasteiger partial charge is 0.319 e. The molecule has 0 heterocycles. The fourth-order valence-corrected chi connectivity index (χ4v) is 5.41. The molecule has 4 aliphatic carbocycles. The monoisotopic (exact) mass is 331 g/mol. The first kappa shape index (κ1) is 15.2. The lowest BCUT2D eigenvalue weighted by Gasteiger charge is -2.56. The highest BCUT2D eigenvalue weighted by atomic mass is 16.6. The lowest BCUT2D eigenvalue weighted by Crippen LogP contribution is -2.60.